The maximum absolute atomic E-state index is 12.0. The number of nitrogens with one attached hydrogen (secondary N) is 1. The van der Waals surface area contributed by atoms with Gasteiger partial charge in [0.05, 0.1) is 4.90 Å². The first kappa shape index (κ1) is 12.5. The van der Waals surface area contributed by atoms with Crippen molar-refractivity contribution in [3.63, 3.8) is 0 Å². The molecule has 6 heteroatoms. The van der Waals surface area contributed by atoms with E-state index in [0.717, 1.165) is 6.42 Å². The lowest BCUT2D eigenvalue weighted by atomic mass is 10.2. The maximum atomic E-state index is 12.0. The SMILES string of the molecule is CC1CC1NS(=O)(=O)c1cccc(C(N)=S)c1. The van der Waals surface area contributed by atoms with Crippen molar-refractivity contribution in [3.05, 3.63) is 29.8 Å². The van der Waals surface area contributed by atoms with E-state index in [0.29, 0.717) is 11.5 Å². The van der Waals surface area contributed by atoms with Crippen LogP contribution in [0, 0.1) is 5.92 Å². The molecule has 1 aliphatic carbocycles. The molecule has 4 nitrogen and oxygen atoms in total. The van der Waals surface area contributed by atoms with Crippen molar-refractivity contribution >= 4 is 27.2 Å². The highest BCUT2D eigenvalue weighted by atomic mass is 32.2. The minimum absolute atomic E-state index is 0.0634. The molecule has 0 amide bonds. The Bertz CT molecular complexity index is 554. The number of thiocarbonyl (C=S) groups is 1. The van der Waals surface area contributed by atoms with Gasteiger partial charge in [-0.25, -0.2) is 13.1 Å². The number of nitrogens with two attached hydrogens (primary N) is 1. The topological polar surface area (TPSA) is 72.2 Å². The lowest BCUT2D eigenvalue weighted by Gasteiger charge is -2.07. The fraction of sp³-hybridized carbons (Fsp3) is 0.364. The molecule has 1 fully saturated rings. The van der Waals surface area contributed by atoms with E-state index in [1.54, 1.807) is 12.1 Å². The van der Waals surface area contributed by atoms with Crippen molar-refractivity contribution < 1.29 is 8.42 Å². The van der Waals surface area contributed by atoms with Crippen molar-refractivity contribution in [2.75, 3.05) is 0 Å². The normalized spacial score (nSPS) is 23.4. The zero-order valence-corrected chi connectivity index (χ0v) is 11.0. The van der Waals surface area contributed by atoms with Crippen molar-refractivity contribution in [1.82, 2.24) is 4.72 Å². The fourth-order valence-electron chi connectivity index (χ4n) is 1.57. The van der Waals surface area contributed by atoms with E-state index in [1.165, 1.54) is 12.1 Å². The lowest BCUT2D eigenvalue weighted by Crippen LogP contribution is -2.27. The van der Waals surface area contributed by atoms with E-state index in [1.807, 2.05) is 6.92 Å². The van der Waals surface area contributed by atoms with Gasteiger partial charge in [0.15, 0.2) is 0 Å². The summed E-state index contributed by atoms with van der Waals surface area (Å²) in [6.45, 7) is 2.01. The summed E-state index contributed by atoms with van der Waals surface area (Å²) in [5.74, 6) is 0.420. The summed E-state index contributed by atoms with van der Waals surface area (Å²) < 4.78 is 26.7. The second kappa shape index (κ2) is 4.36. The molecule has 1 aromatic rings. The number of hydrogen-bond acceptors (Lipinski definition) is 3. The summed E-state index contributed by atoms with van der Waals surface area (Å²) in [5.41, 5.74) is 6.04. The van der Waals surface area contributed by atoms with Crippen LogP contribution in [0.2, 0.25) is 0 Å². The predicted molar refractivity (Wildman–Crippen MR) is 70.2 cm³/mol. The van der Waals surface area contributed by atoms with Crippen molar-refractivity contribution in [2.45, 2.75) is 24.3 Å². The maximum Gasteiger partial charge on any atom is 0.240 e. The molecule has 92 valence electrons. The quantitative estimate of drug-likeness (QED) is 0.801. The lowest BCUT2D eigenvalue weighted by molar-refractivity contribution is 0.578. The highest BCUT2D eigenvalue weighted by Gasteiger charge is 2.36. The standard InChI is InChI=1S/C11H14N2O2S2/c1-7-5-10(7)13-17(14,15)9-4-2-3-8(6-9)11(12)16/h2-4,6-7,10,13H,5H2,1H3,(H2,12,16). The Morgan fingerprint density at radius 1 is 1.53 bits per heavy atom. The third kappa shape index (κ3) is 2.83. The molecule has 1 aliphatic rings. The van der Waals surface area contributed by atoms with Gasteiger partial charge in [0.2, 0.25) is 10.0 Å². The van der Waals surface area contributed by atoms with Crippen LogP contribution in [0.25, 0.3) is 0 Å². The molecule has 0 radical (unpaired) electrons. The van der Waals surface area contributed by atoms with Crippen molar-refractivity contribution in [2.24, 2.45) is 11.7 Å². The third-order valence-corrected chi connectivity index (χ3v) is 4.57. The number of sulfonamides is 1. The van der Waals surface area contributed by atoms with Crippen LogP contribution < -0.4 is 10.5 Å². The van der Waals surface area contributed by atoms with Crippen LogP contribution in [0.15, 0.2) is 29.2 Å². The van der Waals surface area contributed by atoms with Gasteiger partial charge in [0, 0.05) is 11.6 Å². The van der Waals surface area contributed by atoms with Gasteiger partial charge in [-0.3, -0.25) is 0 Å². The molecule has 2 unspecified atom stereocenters. The summed E-state index contributed by atoms with van der Waals surface area (Å²) >= 11 is 4.83. The van der Waals surface area contributed by atoms with Gasteiger partial charge in [-0.05, 0) is 24.5 Å². The van der Waals surface area contributed by atoms with E-state index >= 15 is 0 Å². The Hall–Kier alpha value is -0.980. The zero-order chi connectivity index (χ0) is 12.6. The van der Waals surface area contributed by atoms with E-state index < -0.39 is 10.0 Å². The second-order valence-corrected chi connectivity index (χ2v) is 6.49. The molecule has 3 N–H and O–H groups in total. The molecule has 2 rings (SSSR count). The van der Waals surface area contributed by atoms with Gasteiger partial charge < -0.3 is 5.73 Å². The van der Waals surface area contributed by atoms with E-state index in [4.69, 9.17) is 18.0 Å². The average molecular weight is 270 g/mol. The molecule has 1 aromatic carbocycles. The first-order valence-corrected chi connectivity index (χ1v) is 7.21. The minimum atomic E-state index is -3.45. The van der Waals surface area contributed by atoms with Gasteiger partial charge >= 0.3 is 0 Å². The Morgan fingerprint density at radius 3 is 2.71 bits per heavy atom. The highest BCUT2D eigenvalue weighted by Crippen LogP contribution is 2.30. The zero-order valence-electron chi connectivity index (χ0n) is 9.38. The Kier molecular flexibility index (Phi) is 3.20. The smallest absolute Gasteiger partial charge is 0.240 e. The van der Waals surface area contributed by atoms with E-state index in [-0.39, 0.29) is 15.9 Å². The molecule has 0 bridgehead atoms. The molecule has 0 heterocycles. The van der Waals surface area contributed by atoms with Crippen LogP contribution in [0.4, 0.5) is 0 Å². The molecule has 0 aliphatic heterocycles. The van der Waals surface area contributed by atoms with Gasteiger partial charge in [-0.15, -0.1) is 0 Å². The second-order valence-electron chi connectivity index (χ2n) is 4.33. The minimum Gasteiger partial charge on any atom is -0.389 e. The third-order valence-electron chi connectivity index (χ3n) is 2.84. The molecule has 0 saturated heterocycles. The van der Waals surface area contributed by atoms with Crippen LogP contribution in [0.5, 0.6) is 0 Å². The molecule has 1 saturated carbocycles. The first-order chi connectivity index (χ1) is 7.90. The molecular weight excluding hydrogens is 256 g/mol. The fourth-order valence-corrected chi connectivity index (χ4v) is 3.10. The summed E-state index contributed by atoms with van der Waals surface area (Å²) in [5, 5.41) is 0. The van der Waals surface area contributed by atoms with Gasteiger partial charge in [-0.2, -0.15) is 0 Å². The van der Waals surface area contributed by atoms with Crippen molar-refractivity contribution in [3.8, 4) is 0 Å². The summed E-state index contributed by atoms with van der Waals surface area (Å²) in [6, 6.07) is 6.43. The molecular formula is C11H14N2O2S2. The van der Waals surface area contributed by atoms with Crippen LogP contribution in [-0.2, 0) is 10.0 Å². The summed E-state index contributed by atoms with van der Waals surface area (Å²) in [7, 11) is -3.45. The van der Waals surface area contributed by atoms with E-state index in [9.17, 15) is 8.42 Å². The van der Waals surface area contributed by atoms with Crippen LogP contribution in [-0.4, -0.2) is 19.4 Å². The van der Waals surface area contributed by atoms with Crippen molar-refractivity contribution in [1.29, 1.82) is 0 Å². The largest absolute Gasteiger partial charge is 0.389 e. The van der Waals surface area contributed by atoms with Crippen LogP contribution in [0.1, 0.15) is 18.9 Å². The average Bonchev–Trinajstić information content (AvgIpc) is 2.93. The first-order valence-electron chi connectivity index (χ1n) is 5.32. The van der Waals surface area contributed by atoms with Crippen LogP contribution in [0.3, 0.4) is 0 Å². The Morgan fingerprint density at radius 2 is 2.18 bits per heavy atom. The molecule has 0 spiro atoms. The number of hydrogen-bond donors (Lipinski definition) is 2. The summed E-state index contributed by atoms with van der Waals surface area (Å²) in [6.07, 6.45) is 0.897. The summed E-state index contributed by atoms with van der Waals surface area (Å²) in [4.78, 5) is 0.406. The number of benzene rings is 1. The number of rotatable bonds is 4. The van der Waals surface area contributed by atoms with Gasteiger partial charge in [0.1, 0.15) is 4.99 Å². The van der Waals surface area contributed by atoms with Gasteiger partial charge in [0.25, 0.3) is 0 Å². The molecule has 2 atom stereocenters. The van der Waals surface area contributed by atoms with Crippen LogP contribution >= 0.6 is 12.2 Å². The van der Waals surface area contributed by atoms with E-state index in [2.05, 4.69) is 4.72 Å². The monoisotopic (exact) mass is 270 g/mol. The Labute approximate surface area is 106 Å². The Balaban J connectivity index is 2.26. The molecule has 0 aromatic heterocycles. The van der Waals surface area contributed by atoms with Gasteiger partial charge in [-0.1, -0.05) is 31.3 Å². The predicted octanol–water partition coefficient (Wildman–Crippen LogP) is 1.01. The molecule has 17 heavy (non-hydrogen) atoms. The highest BCUT2D eigenvalue weighted by molar-refractivity contribution is 7.89.